The summed E-state index contributed by atoms with van der Waals surface area (Å²) >= 11 is 0. The van der Waals surface area contributed by atoms with Gasteiger partial charge in [0.2, 0.25) is 0 Å². The predicted molar refractivity (Wildman–Crippen MR) is 75.6 cm³/mol. The van der Waals surface area contributed by atoms with Gasteiger partial charge in [0.15, 0.2) is 5.82 Å². The third kappa shape index (κ3) is 2.47. The van der Waals surface area contributed by atoms with Crippen molar-refractivity contribution in [2.24, 2.45) is 0 Å². The van der Waals surface area contributed by atoms with Gasteiger partial charge in [-0.2, -0.15) is 5.10 Å². The van der Waals surface area contributed by atoms with Gasteiger partial charge in [-0.25, -0.2) is 9.50 Å². The molecule has 0 aliphatic heterocycles. The summed E-state index contributed by atoms with van der Waals surface area (Å²) in [6.45, 7) is 5.74. The molecule has 0 aromatic carbocycles. The zero-order valence-electron chi connectivity index (χ0n) is 11.6. The van der Waals surface area contributed by atoms with Crippen molar-refractivity contribution in [2.45, 2.75) is 26.3 Å². The Bertz CT molecular complexity index is 684. The predicted octanol–water partition coefficient (Wildman–Crippen LogP) is 1.56. The molecule has 0 unspecified atom stereocenters. The second-order valence-corrected chi connectivity index (χ2v) is 4.92. The zero-order valence-corrected chi connectivity index (χ0v) is 11.6. The maximum absolute atomic E-state index is 4.54. The molecule has 20 heavy (non-hydrogen) atoms. The fraction of sp³-hybridized carbons (Fsp3) is 0.385. The van der Waals surface area contributed by atoms with Gasteiger partial charge < -0.3 is 5.32 Å². The van der Waals surface area contributed by atoms with Crippen LogP contribution in [0.15, 0.2) is 30.9 Å². The number of nitrogens with one attached hydrogen (secondary N) is 1. The van der Waals surface area contributed by atoms with Gasteiger partial charge in [0.25, 0.3) is 0 Å². The van der Waals surface area contributed by atoms with E-state index in [9.17, 15) is 0 Å². The summed E-state index contributed by atoms with van der Waals surface area (Å²) in [5.41, 5.74) is 2.06. The van der Waals surface area contributed by atoms with Crippen molar-refractivity contribution in [1.82, 2.24) is 29.6 Å². The number of hydrogen-bond acceptors (Lipinski definition) is 5. The smallest absolute Gasteiger partial charge is 0.152 e. The Morgan fingerprint density at radius 3 is 2.90 bits per heavy atom. The van der Waals surface area contributed by atoms with Crippen LogP contribution in [0.2, 0.25) is 0 Å². The molecule has 0 fully saturated rings. The van der Waals surface area contributed by atoms with Crippen molar-refractivity contribution in [2.75, 3.05) is 11.9 Å². The number of hydrogen-bond donors (Lipinski definition) is 1. The first-order valence-electron chi connectivity index (χ1n) is 6.66. The first-order valence-corrected chi connectivity index (χ1v) is 6.66. The monoisotopic (exact) mass is 271 g/mol. The van der Waals surface area contributed by atoms with E-state index >= 15 is 0 Å². The van der Waals surface area contributed by atoms with E-state index < -0.39 is 0 Å². The van der Waals surface area contributed by atoms with Crippen LogP contribution < -0.4 is 5.32 Å². The van der Waals surface area contributed by atoms with E-state index in [4.69, 9.17) is 0 Å². The molecule has 0 atom stereocenters. The van der Waals surface area contributed by atoms with E-state index in [2.05, 4.69) is 45.6 Å². The third-order valence-electron chi connectivity index (χ3n) is 3.11. The second kappa shape index (κ2) is 5.28. The minimum Gasteiger partial charge on any atom is -0.366 e. The summed E-state index contributed by atoms with van der Waals surface area (Å²) in [4.78, 5) is 4.38. The highest BCUT2D eigenvalue weighted by molar-refractivity contribution is 5.67. The lowest BCUT2D eigenvalue weighted by Gasteiger charge is -2.06. The molecule has 104 valence electrons. The van der Waals surface area contributed by atoms with Gasteiger partial charge in [0.05, 0.1) is 18.4 Å². The Morgan fingerprint density at radius 2 is 2.15 bits per heavy atom. The molecule has 0 aliphatic rings. The van der Waals surface area contributed by atoms with Gasteiger partial charge >= 0.3 is 0 Å². The maximum Gasteiger partial charge on any atom is 0.152 e. The average Bonchev–Trinajstić information content (AvgIpc) is 3.07. The summed E-state index contributed by atoms with van der Waals surface area (Å²) in [7, 11) is 0. The van der Waals surface area contributed by atoms with Crippen molar-refractivity contribution < 1.29 is 0 Å². The molecular weight excluding hydrogens is 254 g/mol. The Kier molecular flexibility index (Phi) is 3.32. The molecule has 7 nitrogen and oxygen atoms in total. The fourth-order valence-corrected chi connectivity index (χ4v) is 2.00. The number of rotatable bonds is 5. The van der Waals surface area contributed by atoms with Crippen LogP contribution in [0.4, 0.5) is 5.82 Å². The highest BCUT2D eigenvalue weighted by Crippen LogP contribution is 2.19. The first-order chi connectivity index (χ1) is 9.74. The maximum atomic E-state index is 4.54. The summed E-state index contributed by atoms with van der Waals surface area (Å²) in [5.74, 6) is 1.24. The summed E-state index contributed by atoms with van der Waals surface area (Å²) in [5, 5.41) is 15.6. The van der Waals surface area contributed by atoms with Crippen molar-refractivity contribution in [1.29, 1.82) is 0 Å². The molecule has 0 radical (unpaired) electrons. The summed E-state index contributed by atoms with van der Waals surface area (Å²) in [6, 6.07) is 2.08. The minimum atomic E-state index is 0.401. The SMILES string of the molecule is CC(C)c1cc2c(NCCn3ccnn3)nccn2n1. The standard InChI is InChI=1S/C13H17N7/c1-10(2)11-9-12-13(15-4-8-20(12)17-11)14-3-6-19-7-5-16-18-19/h4-5,7-10H,3,6H2,1-2H3,(H,14,15). The van der Waals surface area contributed by atoms with Crippen molar-refractivity contribution in [3.8, 4) is 0 Å². The summed E-state index contributed by atoms with van der Waals surface area (Å²) in [6.07, 6.45) is 7.13. The molecule has 3 rings (SSSR count). The Labute approximate surface area is 116 Å². The van der Waals surface area contributed by atoms with Gasteiger partial charge in [-0.3, -0.25) is 4.68 Å². The third-order valence-corrected chi connectivity index (χ3v) is 3.11. The normalized spacial score (nSPS) is 11.3. The van der Waals surface area contributed by atoms with Gasteiger partial charge in [0.1, 0.15) is 5.52 Å². The lowest BCUT2D eigenvalue weighted by Crippen LogP contribution is -2.12. The highest BCUT2D eigenvalue weighted by atomic mass is 15.4. The van der Waals surface area contributed by atoms with Gasteiger partial charge in [-0.05, 0) is 12.0 Å². The highest BCUT2D eigenvalue weighted by Gasteiger charge is 2.09. The quantitative estimate of drug-likeness (QED) is 0.762. The van der Waals surface area contributed by atoms with Gasteiger partial charge in [0, 0.05) is 25.1 Å². The molecule has 0 spiro atoms. The number of anilines is 1. The molecule has 0 saturated carbocycles. The molecule has 0 bridgehead atoms. The van der Waals surface area contributed by atoms with Crippen LogP contribution in [-0.4, -0.2) is 36.1 Å². The Morgan fingerprint density at radius 1 is 1.25 bits per heavy atom. The van der Waals surface area contributed by atoms with E-state index in [1.807, 2.05) is 16.9 Å². The van der Waals surface area contributed by atoms with E-state index in [1.54, 1.807) is 17.1 Å². The molecule has 7 heteroatoms. The van der Waals surface area contributed by atoms with E-state index in [1.165, 1.54) is 0 Å². The van der Waals surface area contributed by atoms with Gasteiger partial charge in [-0.15, -0.1) is 5.10 Å². The van der Waals surface area contributed by atoms with Crippen molar-refractivity contribution >= 4 is 11.3 Å². The van der Waals surface area contributed by atoms with Crippen molar-refractivity contribution in [3.05, 3.63) is 36.5 Å². The van der Waals surface area contributed by atoms with Gasteiger partial charge in [-0.1, -0.05) is 19.1 Å². The van der Waals surface area contributed by atoms with Crippen LogP contribution in [0.25, 0.3) is 5.52 Å². The van der Waals surface area contributed by atoms with Crippen molar-refractivity contribution in [3.63, 3.8) is 0 Å². The average molecular weight is 271 g/mol. The molecule has 1 N–H and O–H groups in total. The lowest BCUT2D eigenvalue weighted by molar-refractivity contribution is 0.608. The van der Waals surface area contributed by atoms with Crippen LogP contribution in [0.3, 0.4) is 0 Å². The van der Waals surface area contributed by atoms with Crippen LogP contribution in [0.5, 0.6) is 0 Å². The largest absolute Gasteiger partial charge is 0.366 e. The van der Waals surface area contributed by atoms with E-state index in [0.29, 0.717) is 5.92 Å². The molecule has 0 saturated heterocycles. The van der Waals surface area contributed by atoms with Crippen LogP contribution in [0.1, 0.15) is 25.5 Å². The number of fused-ring (bicyclic) bond motifs is 1. The topological polar surface area (TPSA) is 72.9 Å². The molecule has 3 aromatic rings. The zero-order chi connectivity index (χ0) is 13.9. The first kappa shape index (κ1) is 12.6. The lowest BCUT2D eigenvalue weighted by atomic mass is 10.1. The number of nitrogens with zero attached hydrogens (tertiary/aromatic N) is 6. The van der Waals surface area contributed by atoms with Crippen LogP contribution in [0, 0.1) is 0 Å². The Balaban J connectivity index is 1.77. The molecule has 0 amide bonds. The second-order valence-electron chi connectivity index (χ2n) is 4.92. The molecule has 3 heterocycles. The molecule has 0 aliphatic carbocycles. The van der Waals surface area contributed by atoms with E-state index in [0.717, 1.165) is 30.1 Å². The minimum absolute atomic E-state index is 0.401. The Hall–Kier alpha value is -2.44. The number of aromatic nitrogens is 6. The van der Waals surface area contributed by atoms with Crippen LogP contribution >= 0.6 is 0 Å². The fourth-order valence-electron chi connectivity index (χ4n) is 2.00. The molecular formula is C13H17N7. The molecule has 3 aromatic heterocycles. The van der Waals surface area contributed by atoms with E-state index in [-0.39, 0.29) is 0 Å². The van der Waals surface area contributed by atoms with Crippen LogP contribution in [-0.2, 0) is 6.54 Å². The summed E-state index contributed by atoms with van der Waals surface area (Å²) < 4.78 is 3.64.